The largest absolute Gasteiger partial charge is 0.478 e. The first kappa shape index (κ1) is 14.1. The fourth-order valence-electron chi connectivity index (χ4n) is 1.47. The molecule has 0 saturated carbocycles. The van der Waals surface area contributed by atoms with Crippen LogP contribution in [0.25, 0.3) is 0 Å². The second-order valence-corrected chi connectivity index (χ2v) is 4.65. The predicted molar refractivity (Wildman–Crippen MR) is 72.5 cm³/mol. The van der Waals surface area contributed by atoms with E-state index >= 15 is 0 Å². The van der Waals surface area contributed by atoms with Crippen molar-refractivity contribution in [2.75, 3.05) is 18.6 Å². The predicted octanol–water partition coefficient (Wildman–Crippen LogP) is 3.13. The van der Waals surface area contributed by atoms with E-state index in [1.165, 1.54) is 37.4 Å². The van der Waals surface area contributed by atoms with Crippen molar-refractivity contribution in [1.29, 1.82) is 0 Å². The lowest BCUT2D eigenvalue weighted by atomic mass is 10.2. The Hall–Kier alpha value is -0.970. The first-order chi connectivity index (χ1) is 8.26. The maximum absolute atomic E-state index is 5.66. The van der Waals surface area contributed by atoms with E-state index in [1.54, 1.807) is 6.07 Å². The molecule has 0 saturated heterocycles. The molecule has 0 aliphatic rings. The summed E-state index contributed by atoms with van der Waals surface area (Å²) in [7, 11) is 0. The van der Waals surface area contributed by atoms with Gasteiger partial charge in [-0.1, -0.05) is 44.4 Å². The van der Waals surface area contributed by atoms with Crippen LogP contribution in [0.1, 0.15) is 39.0 Å². The fourth-order valence-corrected chi connectivity index (χ4v) is 1.85. The van der Waals surface area contributed by atoms with Crippen LogP contribution in [0.5, 0.6) is 5.88 Å². The van der Waals surface area contributed by atoms with Gasteiger partial charge in [0.1, 0.15) is 5.82 Å². The smallest absolute Gasteiger partial charge is 0.219 e. The highest BCUT2D eigenvalue weighted by Gasteiger charge is 2.02. The lowest BCUT2D eigenvalue weighted by Crippen LogP contribution is -2.02. The van der Waals surface area contributed by atoms with E-state index in [-0.39, 0.29) is 0 Å². The first-order valence-electron chi connectivity index (χ1n) is 6.07. The second-order valence-electron chi connectivity index (χ2n) is 3.88. The third-order valence-corrected chi connectivity index (χ3v) is 2.93. The minimum absolute atomic E-state index is 0.463. The second kappa shape index (κ2) is 8.17. The van der Waals surface area contributed by atoms with Gasteiger partial charge in [-0.2, -0.15) is 4.98 Å². The fraction of sp³-hybridized carbons (Fsp3) is 0.667. The number of ether oxygens (including phenoxy) is 1. The molecule has 1 rings (SSSR count). The van der Waals surface area contributed by atoms with E-state index in [9.17, 15) is 0 Å². The lowest BCUT2D eigenvalue weighted by molar-refractivity contribution is 0.290. The minimum Gasteiger partial charge on any atom is -0.478 e. The normalized spacial score (nSPS) is 10.5. The molecule has 0 amide bonds. The van der Waals surface area contributed by atoms with Crippen molar-refractivity contribution >= 4 is 17.6 Å². The monoisotopic (exact) mass is 255 g/mol. The summed E-state index contributed by atoms with van der Waals surface area (Å²) in [6.07, 6.45) is 8.05. The molecule has 0 bridgehead atoms. The summed E-state index contributed by atoms with van der Waals surface area (Å²) < 4.78 is 5.57. The van der Waals surface area contributed by atoms with Gasteiger partial charge in [0.05, 0.1) is 6.61 Å². The molecule has 4 nitrogen and oxygen atoms in total. The molecular weight excluding hydrogens is 234 g/mol. The van der Waals surface area contributed by atoms with Crippen molar-refractivity contribution in [3.8, 4) is 5.88 Å². The summed E-state index contributed by atoms with van der Waals surface area (Å²) >= 11 is 1.47. The summed E-state index contributed by atoms with van der Waals surface area (Å²) in [5.41, 5.74) is 5.66. The quantitative estimate of drug-likeness (QED) is 0.439. The summed E-state index contributed by atoms with van der Waals surface area (Å²) in [6.45, 7) is 2.91. The number of nitrogens with two attached hydrogens (primary N) is 1. The van der Waals surface area contributed by atoms with Crippen molar-refractivity contribution in [2.24, 2.45) is 0 Å². The average Bonchev–Trinajstić information content (AvgIpc) is 2.33. The average molecular weight is 255 g/mol. The van der Waals surface area contributed by atoms with Gasteiger partial charge in [0.2, 0.25) is 5.88 Å². The van der Waals surface area contributed by atoms with Crippen LogP contribution in [0.4, 0.5) is 5.82 Å². The Balaban J connectivity index is 2.28. The molecule has 96 valence electrons. The molecule has 0 spiro atoms. The molecule has 17 heavy (non-hydrogen) atoms. The molecule has 1 heterocycles. The van der Waals surface area contributed by atoms with Crippen LogP contribution in [0.15, 0.2) is 11.2 Å². The number of aromatic nitrogens is 2. The summed E-state index contributed by atoms with van der Waals surface area (Å²) in [6, 6.07) is 1.67. The molecule has 1 aromatic rings. The van der Waals surface area contributed by atoms with Gasteiger partial charge < -0.3 is 10.5 Å². The Labute approximate surface area is 107 Å². The number of nitrogens with zero attached hydrogens (tertiary/aromatic N) is 2. The maximum atomic E-state index is 5.66. The lowest BCUT2D eigenvalue weighted by Gasteiger charge is -2.06. The Kier molecular flexibility index (Phi) is 6.77. The Bertz CT molecular complexity index is 334. The van der Waals surface area contributed by atoms with Crippen LogP contribution in [0.2, 0.25) is 0 Å². The number of nitrogen functional groups attached to an aromatic ring is 1. The van der Waals surface area contributed by atoms with Gasteiger partial charge in [-0.05, 0) is 12.7 Å². The molecule has 0 aliphatic carbocycles. The highest BCUT2D eigenvalue weighted by Crippen LogP contribution is 2.17. The molecule has 5 heteroatoms. The van der Waals surface area contributed by atoms with Crippen molar-refractivity contribution in [3.63, 3.8) is 0 Å². The van der Waals surface area contributed by atoms with Crippen molar-refractivity contribution in [2.45, 2.75) is 44.2 Å². The maximum Gasteiger partial charge on any atom is 0.219 e. The third-order valence-electron chi connectivity index (χ3n) is 2.38. The number of unbranched alkanes of at least 4 members (excludes halogenated alkanes) is 4. The van der Waals surface area contributed by atoms with Crippen LogP contribution >= 0.6 is 11.8 Å². The highest BCUT2D eigenvalue weighted by atomic mass is 32.2. The summed E-state index contributed by atoms with van der Waals surface area (Å²) in [4.78, 5) is 8.31. The van der Waals surface area contributed by atoms with Crippen LogP contribution < -0.4 is 10.5 Å². The summed E-state index contributed by atoms with van der Waals surface area (Å²) in [5.74, 6) is 1.04. The van der Waals surface area contributed by atoms with E-state index in [1.807, 2.05) is 6.26 Å². The highest BCUT2D eigenvalue weighted by molar-refractivity contribution is 7.98. The van der Waals surface area contributed by atoms with E-state index < -0.39 is 0 Å². The molecule has 0 aliphatic heterocycles. The number of hydrogen-bond donors (Lipinski definition) is 1. The number of hydrogen-bond acceptors (Lipinski definition) is 5. The van der Waals surface area contributed by atoms with E-state index in [0.29, 0.717) is 23.5 Å². The van der Waals surface area contributed by atoms with Gasteiger partial charge in [-0.25, -0.2) is 4.98 Å². The van der Waals surface area contributed by atoms with E-state index in [0.717, 1.165) is 6.42 Å². The molecule has 0 aromatic carbocycles. The van der Waals surface area contributed by atoms with Gasteiger partial charge in [-0.15, -0.1) is 0 Å². The van der Waals surface area contributed by atoms with Gasteiger partial charge in [0, 0.05) is 6.07 Å². The Morgan fingerprint density at radius 2 is 2.00 bits per heavy atom. The van der Waals surface area contributed by atoms with Crippen LogP contribution in [0, 0.1) is 0 Å². The molecule has 0 atom stereocenters. The summed E-state index contributed by atoms with van der Waals surface area (Å²) in [5, 5.41) is 0.658. The Morgan fingerprint density at radius 3 is 2.71 bits per heavy atom. The topological polar surface area (TPSA) is 61.0 Å². The molecule has 2 N–H and O–H groups in total. The van der Waals surface area contributed by atoms with Crippen molar-refractivity contribution in [1.82, 2.24) is 9.97 Å². The number of rotatable bonds is 8. The van der Waals surface area contributed by atoms with E-state index in [4.69, 9.17) is 10.5 Å². The third kappa shape index (κ3) is 5.77. The molecule has 0 unspecified atom stereocenters. The molecular formula is C12H21N3OS. The number of thioether (sulfide) groups is 1. The van der Waals surface area contributed by atoms with Gasteiger partial charge >= 0.3 is 0 Å². The van der Waals surface area contributed by atoms with Crippen molar-refractivity contribution < 1.29 is 4.74 Å². The van der Waals surface area contributed by atoms with Gasteiger partial charge in [0.25, 0.3) is 0 Å². The van der Waals surface area contributed by atoms with Gasteiger partial charge in [0.15, 0.2) is 5.16 Å². The zero-order valence-corrected chi connectivity index (χ0v) is 11.4. The van der Waals surface area contributed by atoms with Crippen LogP contribution in [-0.4, -0.2) is 22.8 Å². The van der Waals surface area contributed by atoms with Crippen LogP contribution in [0.3, 0.4) is 0 Å². The SMILES string of the molecule is CCCCCCCOc1cc(N)nc(SC)n1. The molecule has 0 radical (unpaired) electrons. The standard InChI is InChI=1S/C12H21N3OS/c1-3-4-5-6-7-8-16-11-9-10(13)14-12(15-11)17-2/h9H,3-8H2,1-2H3,(H2,13,14,15). The van der Waals surface area contributed by atoms with Crippen molar-refractivity contribution in [3.05, 3.63) is 6.07 Å². The zero-order valence-electron chi connectivity index (χ0n) is 10.6. The molecule has 1 aromatic heterocycles. The molecule has 0 fully saturated rings. The zero-order chi connectivity index (χ0) is 12.5. The first-order valence-corrected chi connectivity index (χ1v) is 7.30. The van der Waals surface area contributed by atoms with Gasteiger partial charge in [-0.3, -0.25) is 0 Å². The number of anilines is 1. The Morgan fingerprint density at radius 1 is 1.24 bits per heavy atom. The minimum atomic E-state index is 0.463. The van der Waals surface area contributed by atoms with E-state index in [2.05, 4.69) is 16.9 Å². The van der Waals surface area contributed by atoms with Crippen LogP contribution in [-0.2, 0) is 0 Å².